The van der Waals surface area contributed by atoms with E-state index in [2.05, 4.69) is 0 Å². The van der Waals surface area contributed by atoms with Crippen molar-refractivity contribution in [3.63, 3.8) is 0 Å². The molecule has 1 aliphatic heterocycles. The van der Waals surface area contributed by atoms with Gasteiger partial charge in [-0.15, -0.1) is 0 Å². The fraction of sp³-hybridized carbons (Fsp3) is 0.455. The molecule has 7 heteroatoms. The van der Waals surface area contributed by atoms with Crippen molar-refractivity contribution in [2.24, 2.45) is 0 Å². The number of nitrogens with zero attached hydrogens (tertiary/aromatic N) is 1. The van der Waals surface area contributed by atoms with Crippen LogP contribution in [-0.4, -0.2) is 59.4 Å². The van der Waals surface area contributed by atoms with Crippen molar-refractivity contribution in [1.82, 2.24) is 4.90 Å². The van der Waals surface area contributed by atoms with E-state index in [0.717, 1.165) is 0 Å². The minimum Gasteiger partial charge on any atom is -0.478 e. The van der Waals surface area contributed by atoms with Crippen LogP contribution in [0.5, 0.6) is 0 Å². The van der Waals surface area contributed by atoms with Crippen LogP contribution in [0.4, 0.5) is 0 Å². The van der Waals surface area contributed by atoms with Crippen LogP contribution in [0.2, 0.25) is 0 Å². The van der Waals surface area contributed by atoms with Crippen molar-refractivity contribution in [3.05, 3.63) is 23.7 Å². The van der Waals surface area contributed by atoms with Crippen LogP contribution in [-0.2, 0) is 4.74 Å². The number of carboxylic acid groups (broad SMARTS) is 1. The van der Waals surface area contributed by atoms with Gasteiger partial charge < -0.3 is 24.3 Å². The second-order valence-corrected chi connectivity index (χ2v) is 3.90. The third-order valence-electron chi connectivity index (χ3n) is 2.72. The Labute approximate surface area is 103 Å². The minimum absolute atomic E-state index is 0.160. The Morgan fingerprint density at radius 3 is 2.94 bits per heavy atom. The van der Waals surface area contributed by atoms with Crippen molar-refractivity contribution in [3.8, 4) is 0 Å². The van der Waals surface area contributed by atoms with Gasteiger partial charge in [0.2, 0.25) is 5.76 Å². The molecule has 0 spiro atoms. The Bertz CT molecular complexity index is 454. The van der Waals surface area contributed by atoms with E-state index in [0.29, 0.717) is 13.2 Å². The van der Waals surface area contributed by atoms with Crippen LogP contribution >= 0.6 is 0 Å². The molecule has 18 heavy (non-hydrogen) atoms. The number of amides is 1. The van der Waals surface area contributed by atoms with Crippen molar-refractivity contribution in [1.29, 1.82) is 0 Å². The number of hydrogen-bond donors (Lipinski definition) is 2. The SMILES string of the molecule is O=C(O)c1ccoc1C(=O)N1CCOC(CO)C1. The number of carbonyl (C=O) groups excluding carboxylic acids is 1. The quantitative estimate of drug-likeness (QED) is 0.776. The molecule has 1 atom stereocenters. The number of rotatable bonds is 3. The monoisotopic (exact) mass is 255 g/mol. The number of aliphatic hydroxyl groups excluding tert-OH is 1. The molecule has 1 aromatic rings. The highest BCUT2D eigenvalue weighted by Crippen LogP contribution is 2.15. The van der Waals surface area contributed by atoms with E-state index in [9.17, 15) is 9.59 Å². The van der Waals surface area contributed by atoms with Crippen LogP contribution in [0.25, 0.3) is 0 Å². The Morgan fingerprint density at radius 2 is 2.28 bits per heavy atom. The maximum Gasteiger partial charge on any atom is 0.339 e. The average Bonchev–Trinajstić information content (AvgIpc) is 2.87. The predicted octanol–water partition coefficient (Wildman–Crippen LogP) is -0.189. The molecule has 0 bridgehead atoms. The predicted molar refractivity (Wildman–Crippen MR) is 58.4 cm³/mol. The lowest BCUT2D eigenvalue weighted by Gasteiger charge is -2.31. The highest BCUT2D eigenvalue weighted by molar-refractivity contribution is 6.02. The Balaban J connectivity index is 2.15. The Morgan fingerprint density at radius 1 is 1.50 bits per heavy atom. The zero-order valence-corrected chi connectivity index (χ0v) is 9.54. The smallest absolute Gasteiger partial charge is 0.339 e. The minimum atomic E-state index is -1.21. The van der Waals surface area contributed by atoms with Gasteiger partial charge in [-0.1, -0.05) is 0 Å². The van der Waals surface area contributed by atoms with E-state index in [-0.39, 0.29) is 24.5 Å². The Hall–Kier alpha value is -1.86. The number of carboxylic acids is 1. The summed E-state index contributed by atoms with van der Waals surface area (Å²) in [5.41, 5.74) is -0.160. The molecule has 1 saturated heterocycles. The largest absolute Gasteiger partial charge is 0.478 e. The van der Waals surface area contributed by atoms with Gasteiger partial charge in [0.1, 0.15) is 5.56 Å². The summed E-state index contributed by atoms with van der Waals surface area (Å²) in [6.07, 6.45) is 0.728. The van der Waals surface area contributed by atoms with Crippen molar-refractivity contribution in [2.45, 2.75) is 6.10 Å². The fourth-order valence-corrected chi connectivity index (χ4v) is 1.80. The number of aromatic carboxylic acids is 1. The van der Waals surface area contributed by atoms with Crippen LogP contribution in [0.1, 0.15) is 20.9 Å². The summed E-state index contributed by atoms with van der Waals surface area (Å²) in [4.78, 5) is 24.4. The molecule has 1 aliphatic rings. The molecule has 1 aromatic heterocycles. The molecule has 2 heterocycles. The second kappa shape index (κ2) is 5.19. The lowest BCUT2D eigenvalue weighted by atomic mass is 10.2. The molecule has 0 aliphatic carbocycles. The molecule has 7 nitrogen and oxygen atoms in total. The highest BCUT2D eigenvalue weighted by atomic mass is 16.5. The number of aliphatic hydroxyl groups is 1. The zero-order chi connectivity index (χ0) is 13.1. The first-order valence-corrected chi connectivity index (χ1v) is 5.46. The summed E-state index contributed by atoms with van der Waals surface area (Å²) in [5, 5.41) is 17.9. The average molecular weight is 255 g/mol. The van der Waals surface area contributed by atoms with Gasteiger partial charge in [-0.05, 0) is 6.07 Å². The van der Waals surface area contributed by atoms with Gasteiger partial charge in [0, 0.05) is 13.1 Å². The number of furan rings is 1. The van der Waals surface area contributed by atoms with Gasteiger partial charge in [0.15, 0.2) is 0 Å². The normalized spacial score (nSPS) is 19.8. The van der Waals surface area contributed by atoms with E-state index < -0.39 is 18.0 Å². The fourth-order valence-electron chi connectivity index (χ4n) is 1.80. The first kappa shape index (κ1) is 12.6. The summed E-state index contributed by atoms with van der Waals surface area (Å²) in [7, 11) is 0. The van der Waals surface area contributed by atoms with Crippen molar-refractivity contribution in [2.75, 3.05) is 26.3 Å². The lowest BCUT2D eigenvalue weighted by Crippen LogP contribution is -2.47. The van der Waals surface area contributed by atoms with Crippen molar-refractivity contribution >= 4 is 11.9 Å². The summed E-state index contributed by atoms with van der Waals surface area (Å²) in [6.45, 7) is 0.679. The number of ether oxygens (including phenoxy) is 1. The maximum atomic E-state index is 12.1. The second-order valence-electron chi connectivity index (χ2n) is 3.90. The molecule has 0 radical (unpaired) electrons. The first-order valence-electron chi connectivity index (χ1n) is 5.46. The van der Waals surface area contributed by atoms with Crippen LogP contribution in [0.15, 0.2) is 16.7 Å². The van der Waals surface area contributed by atoms with E-state index in [4.69, 9.17) is 19.4 Å². The topological polar surface area (TPSA) is 100 Å². The van der Waals surface area contributed by atoms with E-state index in [1.807, 2.05) is 0 Å². The molecule has 1 unspecified atom stereocenters. The standard InChI is InChI=1S/C11H13NO6/c13-6-7-5-12(2-4-17-7)10(14)9-8(11(15)16)1-3-18-9/h1,3,7,13H,2,4-6H2,(H,15,16). The van der Waals surface area contributed by atoms with E-state index >= 15 is 0 Å². The third kappa shape index (κ3) is 2.36. The maximum absolute atomic E-state index is 12.1. The molecule has 2 N–H and O–H groups in total. The number of carbonyl (C=O) groups is 2. The zero-order valence-electron chi connectivity index (χ0n) is 9.54. The molecule has 0 aromatic carbocycles. The molecule has 2 rings (SSSR count). The lowest BCUT2D eigenvalue weighted by molar-refractivity contribution is -0.0454. The van der Waals surface area contributed by atoms with Crippen molar-refractivity contribution < 1.29 is 29.0 Å². The molecular weight excluding hydrogens is 242 g/mol. The first-order chi connectivity index (χ1) is 8.63. The van der Waals surface area contributed by atoms with Crippen LogP contribution in [0.3, 0.4) is 0 Å². The van der Waals surface area contributed by atoms with E-state index in [1.54, 1.807) is 0 Å². The van der Waals surface area contributed by atoms with Gasteiger partial charge >= 0.3 is 5.97 Å². The van der Waals surface area contributed by atoms with Gasteiger partial charge in [0.05, 0.1) is 25.6 Å². The summed E-state index contributed by atoms with van der Waals surface area (Å²) in [5.74, 6) is -1.90. The van der Waals surface area contributed by atoms with Crippen LogP contribution in [0, 0.1) is 0 Å². The van der Waals surface area contributed by atoms with Crippen LogP contribution < -0.4 is 0 Å². The summed E-state index contributed by atoms with van der Waals surface area (Å²) in [6, 6.07) is 1.24. The molecule has 1 fully saturated rings. The number of hydrogen-bond acceptors (Lipinski definition) is 5. The highest BCUT2D eigenvalue weighted by Gasteiger charge is 2.29. The van der Waals surface area contributed by atoms with Gasteiger partial charge in [-0.25, -0.2) is 4.79 Å². The Kier molecular flexibility index (Phi) is 3.63. The molecular formula is C11H13NO6. The van der Waals surface area contributed by atoms with Gasteiger partial charge in [-0.2, -0.15) is 0 Å². The molecule has 98 valence electrons. The summed E-state index contributed by atoms with van der Waals surface area (Å²) < 4.78 is 10.1. The summed E-state index contributed by atoms with van der Waals surface area (Å²) >= 11 is 0. The van der Waals surface area contributed by atoms with E-state index in [1.165, 1.54) is 17.2 Å². The number of morpholine rings is 1. The molecule has 1 amide bonds. The molecule has 0 saturated carbocycles. The van der Waals surface area contributed by atoms with Gasteiger partial charge in [-0.3, -0.25) is 4.79 Å². The third-order valence-corrected chi connectivity index (χ3v) is 2.72. The van der Waals surface area contributed by atoms with Gasteiger partial charge in [0.25, 0.3) is 5.91 Å².